The standard InChI is InChI=1S/C12H21NO3S/c1-12(2,9-14)13-6-10(15)7-16-8-11-4-3-5-17-11/h3-5,10,13-15H,6-9H2,1-2H3. The van der Waals surface area contributed by atoms with E-state index in [4.69, 9.17) is 9.84 Å². The number of aliphatic hydroxyl groups excluding tert-OH is 2. The molecule has 1 rings (SSSR count). The Bertz CT molecular complexity index is 301. The highest BCUT2D eigenvalue weighted by Crippen LogP contribution is 2.09. The van der Waals surface area contributed by atoms with Crippen molar-refractivity contribution in [1.82, 2.24) is 5.32 Å². The topological polar surface area (TPSA) is 61.7 Å². The Morgan fingerprint density at radius 1 is 1.53 bits per heavy atom. The van der Waals surface area contributed by atoms with Crippen molar-refractivity contribution in [2.45, 2.75) is 32.1 Å². The minimum atomic E-state index is -0.555. The van der Waals surface area contributed by atoms with Crippen LogP contribution >= 0.6 is 11.3 Å². The second-order valence-electron chi connectivity index (χ2n) is 4.67. The highest BCUT2D eigenvalue weighted by Gasteiger charge is 2.16. The Labute approximate surface area is 106 Å². The quantitative estimate of drug-likeness (QED) is 0.651. The van der Waals surface area contributed by atoms with E-state index < -0.39 is 6.10 Å². The van der Waals surface area contributed by atoms with E-state index in [2.05, 4.69) is 5.32 Å². The molecule has 3 N–H and O–H groups in total. The van der Waals surface area contributed by atoms with Crippen molar-refractivity contribution < 1.29 is 14.9 Å². The van der Waals surface area contributed by atoms with Crippen molar-refractivity contribution in [3.63, 3.8) is 0 Å². The van der Waals surface area contributed by atoms with Crippen LogP contribution in [0.5, 0.6) is 0 Å². The van der Waals surface area contributed by atoms with E-state index in [1.807, 2.05) is 31.4 Å². The SMILES string of the molecule is CC(C)(CO)NCC(O)COCc1cccs1. The number of rotatable bonds is 8. The molecule has 17 heavy (non-hydrogen) atoms. The van der Waals surface area contributed by atoms with Crippen LogP contribution in [0.4, 0.5) is 0 Å². The van der Waals surface area contributed by atoms with E-state index in [-0.39, 0.29) is 12.1 Å². The lowest BCUT2D eigenvalue weighted by Crippen LogP contribution is -2.46. The summed E-state index contributed by atoms with van der Waals surface area (Å²) in [6.07, 6.45) is -0.555. The Balaban J connectivity index is 2.11. The molecule has 1 aromatic heterocycles. The summed E-state index contributed by atoms with van der Waals surface area (Å²) in [7, 11) is 0. The maximum atomic E-state index is 9.67. The van der Waals surface area contributed by atoms with E-state index in [1.54, 1.807) is 11.3 Å². The predicted molar refractivity (Wildman–Crippen MR) is 69.1 cm³/mol. The zero-order chi connectivity index (χ0) is 12.7. The van der Waals surface area contributed by atoms with Crippen molar-refractivity contribution in [1.29, 1.82) is 0 Å². The third kappa shape index (κ3) is 6.14. The second-order valence-corrected chi connectivity index (χ2v) is 5.70. The fourth-order valence-corrected chi connectivity index (χ4v) is 1.84. The first-order valence-corrected chi connectivity index (χ1v) is 6.55. The van der Waals surface area contributed by atoms with Gasteiger partial charge in [-0.25, -0.2) is 0 Å². The van der Waals surface area contributed by atoms with Crippen molar-refractivity contribution in [2.24, 2.45) is 0 Å². The Morgan fingerprint density at radius 2 is 2.29 bits per heavy atom. The van der Waals surface area contributed by atoms with Gasteiger partial charge >= 0.3 is 0 Å². The zero-order valence-corrected chi connectivity index (χ0v) is 11.2. The summed E-state index contributed by atoms with van der Waals surface area (Å²) < 4.78 is 5.40. The average molecular weight is 259 g/mol. The van der Waals surface area contributed by atoms with Crippen molar-refractivity contribution in [2.75, 3.05) is 19.8 Å². The molecule has 0 bridgehead atoms. The fourth-order valence-electron chi connectivity index (χ4n) is 1.20. The minimum absolute atomic E-state index is 0.0375. The normalized spacial score (nSPS) is 13.9. The van der Waals surface area contributed by atoms with Gasteiger partial charge in [-0.15, -0.1) is 11.3 Å². The molecule has 4 nitrogen and oxygen atoms in total. The van der Waals surface area contributed by atoms with Gasteiger partial charge in [0.05, 0.1) is 25.9 Å². The molecule has 1 heterocycles. The van der Waals surface area contributed by atoms with Crippen LogP contribution in [0.25, 0.3) is 0 Å². The van der Waals surface area contributed by atoms with Crippen LogP contribution in [-0.4, -0.2) is 41.6 Å². The van der Waals surface area contributed by atoms with Gasteiger partial charge in [0.2, 0.25) is 0 Å². The number of hydrogen-bond donors (Lipinski definition) is 3. The van der Waals surface area contributed by atoms with Gasteiger partial charge in [-0.05, 0) is 25.3 Å². The van der Waals surface area contributed by atoms with Crippen molar-refractivity contribution in [3.05, 3.63) is 22.4 Å². The second kappa shape index (κ2) is 7.08. The summed E-state index contributed by atoms with van der Waals surface area (Å²) in [6.45, 7) is 5.05. The molecule has 1 aromatic rings. The molecule has 5 heteroatoms. The lowest BCUT2D eigenvalue weighted by atomic mass is 10.1. The van der Waals surface area contributed by atoms with Gasteiger partial charge < -0.3 is 20.3 Å². The largest absolute Gasteiger partial charge is 0.394 e. The van der Waals surface area contributed by atoms with Crippen LogP contribution in [0.15, 0.2) is 17.5 Å². The van der Waals surface area contributed by atoms with Gasteiger partial charge in [0.1, 0.15) is 0 Å². The van der Waals surface area contributed by atoms with Gasteiger partial charge in [-0.1, -0.05) is 6.07 Å². The highest BCUT2D eigenvalue weighted by molar-refractivity contribution is 7.09. The summed E-state index contributed by atoms with van der Waals surface area (Å²) in [5.74, 6) is 0. The van der Waals surface area contributed by atoms with E-state index in [9.17, 15) is 5.11 Å². The maximum absolute atomic E-state index is 9.67. The third-order valence-electron chi connectivity index (χ3n) is 2.35. The number of ether oxygens (including phenoxy) is 1. The summed E-state index contributed by atoms with van der Waals surface area (Å²) in [4.78, 5) is 1.15. The van der Waals surface area contributed by atoms with E-state index in [0.29, 0.717) is 19.8 Å². The van der Waals surface area contributed by atoms with E-state index in [0.717, 1.165) is 4.88 Å². The number of hydrogen-bond acceptors (Lipinski definition) is 5. The molecule has 1 atom stereocenters. The monoisotopic (exact) mass is 259 g/mol. The summed E-state index contributed by atoms with van der Waals surface area (Å²) in [6, 6.07) is 3.98. The third-order valence-corrected chi connectivity index (χ3v) is 3.20. The molecule has 0 saturated carbocycles. The first kappa shape index (κ1) is 14.6. The van der Waals surface area contributed by atoms with Gasteiger partial charge in [0.25, 0.3) is 0 Å². The average Bonchev–Trinajstić information content (AvgIpc) is 2.80. The lowest BCUT2D eigenvalue weighted by molar-refractivity contribution is 0.0245. The molecular weight excluding hydrogens is 238 g/mol. The summed E-state index contributed by atoms with van der Waals surface area (Å²) in [5, 5.41) is 23.8. The summed E-state index contributed by atoms with van der Waals surface area (Å²) in [5.41, 5.74) is -0.366. The Morgan fingerprint density at radius 3 is 2.88 bits per heavy atom. The van der Waals surface area contributed by atoms with Crippen LogP contribution in [0.2, 0.25) is 0 Å². The van der Waals surface area contributed by atoms with E-state index in [1.165, 1.54) is 0 Å². The molecule has 98 valence electrons. The fraction of sp³-hybridized carbons (Fsp3) is 0.667. The smallest absolute Gasteiger partial charge is 0.0898 e. The Kier molecular flexibility index (Phi) is 6.08. The molecule has 0 fully saturated rings. The molecule has 0 aliphatic carbocycles. The van der Waals surface area contributed by atoms with Crippen molar-refractivity contribution >= 4 is 11.3 Å². The zero-order valence-electron chi connectivity index (χ0n) is 10.3. The molecule has 0 spiro atoms. The number of β-amino-alcohol motifs (C(OH)–C–C–N with tert-alkyl or cyclic N) is 1. The number of nitrogens with one attached hydrogen (secondary N) is 1. The molecule has 0 saturated heterocycles. The Hall–Kier alpha value is -0.460. The number of thiophene rings is 1. The van der Waals surface area contributed by atoms with Gasteiger partial charge in [-0.2, -0.15) is 0 Å². The van der Waals surface area contributed by atoms with Crippen LogP contribution in [0.3, 0.4) is 0 Å². The van der Waals surface area contributed by atoms with Crippen molar-refractivity contribution in [3.8, 4) is 0 Å². The number of aliphatic hydroxyl groups is 2. The molecule has 0 radical (unpaired) electrons. The van der Waals surface area contributed by atoms with Crippen LogP contribution in [0.1, 0.15) is 18.7 Å². The first-order chi connectivity index (χ1) is 8.03. The highest BCUT2D eigenvalue weighted by atomic mass is 32.1. The minimum Gasteiger partial charge on any atom is -0.394 e. The van der Waals surface area contributed by atoms with Gasteiger partial charge in [-0.3, -0.25) is 0 Å². The first-order valence-electron chi connectivity index (χ1n) is 5.67. The van der Waals surface area contributed by atoms with Crippen LogP contribution < -0.4 is 5.32 Å². The van der Waals surface area contributed by atoms with Crippen LogP contribution in [0, 0.1) is 0 Å². The summed E-state index contributed by atoms with van der Waals surface area (Å²) >= 11 is 1.64. The molecular formula is C12H21NO3S. The molecule has 0 amide bonds. The predicted octanol–water partition coefficient (Wildman–Crippen LogP) is 0.986. The lowest BCUT2D eigenvalue weighted by Gasteiger charge is -2.25. The van der Waals surface area contributed by atoms with E-state index >= 15 is 0 Å². The van der Waals surface area contributed by atoms with Gasteiger partial charge in [0.15, 0.2) is 0 Å². The maximum Gasteiger partial charge on any atom is 0.0898 e. The van der Waals surface area contributed by atoms with Crippen LogP contribution in [-0.2, 0) is 11.3 Å². The molecule has 0 aliphatic rings. The molecule has 1 unspecified atom stereocenters. The van der Waals surface area contributed by atoms with Gasteiger partial charge in [0, 0.05) is 17.0 Å². The molecule has 0 aliphatic heterocycles. The molecule has 0 aromatic carbocycles.